The van der Waals surface area contributed by atoms with Crippen molar-refractivity contribution in [1.82, 2.24) is 4.98 Å². The molecule has 0 spiro atoms. The smallest absolute Gasteiger partial charge is 0.175 e. The van der Waals surface area contributed by atoms with Gasteiger partial charge in [-0.1, -0.05) is 0 Å². The van der Waals surface area contributed by atoms with Gasteiger partial charge in [0.2, 0.25) is 0 Å². The molecule has 0 atom stereocenters. The Morgan fingerprint density at radius 1 is 1.43 bits per heavy atom. The molecule has 3 heteroatoms. The fourth-order valence-electron chi connectivity index (χ4n) is 1.53. The third kappa shape index (κ3) is 1.18. The van der Waals surface area contributed by atoms with Crippen molar-refractivity contribution in [1.29, 1.82) is 0 Å². The van der Waals surface area contributed by atoms with Crippen LogP contribution < -0.4 is 0 Å². The highest BCUT2D eigenvalue weighted by Crippen LogP contribution is 2.26. The molecule has 0 saturated carbocycles. The molecule has 1 aromatic heterocycles. The lowest BCUT2D eigenvalue weighted by Gasteiger charge is -1.98. The Kier molecular flexibility index (Phi) is 1.81. The Balaban J connectivity index is 2.77. The molecule has 0 aliphatic heterocycles. The molecule has 0 unspecified atom stereocenters. The van der Waals surface area contributed by atoms with E-state index in [1.54, 1.807) is 18.2 Å². The lowest BCUT2D eigenvalue weighted by molar-refractivity contribution is 0.101. The number of H-pyrrole nitrogens is 1. The molecular formula is C11H11NO2. The molecule has 0 bridgehead atoms. The fraction of sp³-hybridized carbons (Fsp3) is 0.182. The number of fused-ring (bicyclic) bond motifs is 1. The number of aromatic nitrogens is 1. The number of Topliss-reactive ketones (excluding diaryl/α,β-unsaturated/α-hetero) is 1. The van der Waals surface area contributed by atoms with E-state index >= 15 is 0 Å². The average molecular weight is 189 g/mol. The molecule has 2 rings (SSSR count). The normalized spacial score (nSPS) is 10.7. The summed E-state index contributed by atoms with van der Waals surface area (Å²) in [5.41, 5.74) is 2.26. The number of nitrogens with one attached hydrogen (secondary N) is 1. The summed E-state index contributed by atoms with van der Waals surface area (Å²) >= 11 is 0. The first-order valence-electron chi connectivity index (χ1n) is 4.42. The van der Waals surface area contributed by atoms with Gasteiger partial charge in [-0.05, 0) is 25.1 Å². The third-order valence-corrected chi connectivity index (χ3v) is 2.42. The first kappa shape index (κ1) is 8.81. The fourth-order valence-corrected chi connectivity index (χ4v) is 1.53. The van der Waals surface area contributed by atoms with Crippen LogP contribution in [0.4, 0.5) is 0 Å². The van der Waals surface area contributed by atoms with Gasteiger partial charge >= 0.3 is 0 Å². The molecule has 0 saturated heterocycles. The number of aryl methyl sites for hydroxylation is 1. The monoisotopic (exact) mass is 189 g/mol. The average Bonchev–Trinajstić information content (AvgIpc) is 2.56. The summed E-state index contributed by atoms with van der Waals surface area (Å²) in [7, 11) is 0. The highest BCUT2D eigenvalue weighted by molar-refractivity contribution is 5.99. The van der Waals surface area contributed by atoms with E-state index in [1.165, 1.54) is 6.92 Å². The predicted octanol–water partition coefficient (Wildman–Crippen LogP) is 2.38. The maximum Gasteiger partial charge on any atom is 0.175 e. The van der Waals surface area contributed by atoms with Crippen molar-refractivity contribution in [3.8, 4) is 5.75 Å². The second kappa shape index (κ2) is 2.87. The number of aromatic amines is 1. The number of phenolic OH excluding ortho intramolecular Hbond substituents is 1. The van der Waals surface area contributed by atoms with Gasteiger partial charge in [-0.2, -0.15) is 0 Å². The van der Waals surface area contributed by atoms with E-state index < -0.39 is 0 Å². The van der Waals surface area contributed by atoms with Crippen LogP contribution in [0.15, 0.2) is 18.2 Å². The zero-order chi connectivity index (χ0) is 10.3. The Hall–Kier alpha value is -1.77. The summed E-state index contributed by atoms with van der Waals surface area (Å²) in [6, 6.07) is 5.16. The summed E-state index contributed by atoms with van der Waals surface area (Å²) in [5.74, 6) is 0.256. The molecule has 0 amide bonds. The van der Waals surface area contributed by atoms with E-state index in [0.717, 1.165) is 16.5 Å². The minimum Gasteiger partial charge on any atom is -0.508 e. The van der Waals surface area contributed by atoms with Crippen LogP contribution in [-0.2, 0) is 0 Å². The molecule has 0 radical (unpaired) electrons. The molecular weight excluding hydrogens is 178 g/mol. The Morgan fingerprint density at radius 2 is 2.14 bits per heavy atom. The van der Waals surface area contributed by atoms with Crippen molar-refractivity contribution in [3.63, 3.8) is 0 Å². The standard InChI is InChI=1S/C11H11NO2/c1-6-8-5-10(7(2)13)12-9(8)3-4-11(6)14/h3-5,12,14H,1-2H3. The highest BCUT2D eigenvalue weighted by atomic mass is 16.3. The van der Waals surface area contributed by atoms with Crippen LogP contribution in [0, 0.1) is 6.92 Å². The molecule has 14 heavy (non-hydrogen) atoms. The number of carbonyl (C=O) groups excluding carboxylic acids is 1. The Labute approximate surface area is 81.4 Å². The lowest BCUT2D eigenvalue weighted by atomic mass is 10.1. The SMILES string of the molecule is CC(=O)c1cc2c(C)c(O)ccc2[nH]1. The number of ketones is 1. The molecule has 0 fully saturated rings. The molecule has 3 nitrogen and oxygen atoms in total. The molecule has 0 aliphatic carbocycles. The predicted molar refractivity (Wildman–Crippen MR) is 54.7 cm³/mol. The van der Waals surface area contributed by atoms with E-state index in [1.807, 2.05) is 6.92 Å². The number of rotatable bonds is 1. The number of benzene rings is 1. The van der Waals surface area contributed by atoms with Crippen molar-refractivity contribution in [2.45, 2.75) is 13.8 Å². The molecule has 1 heterocycles. The minimum absolute atomic E-state index is 0.0000831. The zero-order valence-electron chi connectivity index (χ0n) is 8.09. The molecule has 1 aromatic carbocycles. The first-order valence-corrected chi connectivity index (χ1v) is 4.42. The number of aromatic hydroxyl groups is 1. The van der Waals surface area contributed by atoms with Crippen LogP contribution in [0.1, 0.15) is 23.0 Å². The van der Waals surface area contributed by atoms with Crippen molar-refractivity contribution in [2.75, 3.05) is 0 Å². The van der Waals surface area contributed by atoms with Gasteiger partial charge in [0.1, 0.15) is 5.75 Å². The largest absolute Gasteiger partial charge is 0.508 e. The minimum atomic E-state index is 0.0000831. The van der Waals surface area contributed by atoms with Gasteiger partial charge in [0.15, 0.2) is 5.78 Å². The van der Waals surface area contributed by atoms with Gasteiger partial charge in [-0.15, -0.1) is 0 Å². The summed E-state index contributed by atoms with van der Waals surface area (Å²) in [4.78, 5) is 14.1. The van der Waals surface area contributed by atoms with Crippen LogP contribution in [0.2, 0.25) is 0 Å². The van der Waals surface area contributed by atoms with E-state index in [0.29, 0.717) is 5.69 Å². The molecule has 2 N–H and O–H groups in total. The Bertz CT molecular complexity index is 511. The van der Waals surface area contributed by atoms with Crippen LogP contribution in [0.25, 0.3) is 10.9 Å². The van der Waals surface area contributed by atoms with Crippen molar-refractivity contribution in [3.05, 3.63) is 29.5 Å². The van der Waals surface area contributed by atoms with Gasteiger partial charge in [0, 0.05) is 23.4 Å². The van der Waals surface area contributed by atoms with Gasteiger partial charge in [0.25, 0.3) is 0 Å². The summed E-state index contributed by atoms with van der Waals surface area (Å²) in [6.07, 6.45) is 0. The maximum atomic E-state index is 11.1. The van der Waals surface area contributed by atoms with Crippen molar-refractivity contribution >= 4 is 16.7 Å². The summed E-state index contributed by atoms with van der Waals surface area (Å²) in [6.45, 7) is 3.34. The Morgan fingerprint density at radius 3 is 2.79 bits per heavy atom. The van der Waals surface area contributed by atoms with Crippen molar-refractivity contribution < 1.29 is 9.90 Å². The van der Waals surface area contributed by atoms with Crippen LogP contribution in [0.5, 0.6) is 5.75 Å². The number of hydrogen-bond acceptors (Lipinski definition) is 2. The van der Waals surface area contributed by atoms with Gasteiger partial charge in [-0.3, -0.25) is 4.79 Å². The number of carbonyl (C=O) groups is 1. The van der Waals surface area contributed by atoms with Crippen LogP contribution >= 0.6 is 0 Å². The summed E-state index contributed by atoms with van der Waals surface area (Å²) < 4.78 is 0. The number of phenols is 1. The zero-order valence-corrected chi connectivity index (χ0v) is 8.09. The third-order valence-electron chi connectivity index (χ3n) is 2.42. The maximum absolute atomic E-state index is 11.1. The highest BCUT2D eigenvalue weighted by Gasteiger charge is 2.08. The van der Waals surface area contributed by atoms with E-state index in [4.69, 9.17) is 0 Å². The second-order valence-electron chi connectivity index (χ2n) is 3.41. The summed E-state index contributed by atoms with van der Waals surface area (Å²) in [5, 5.41) is 10.4. The lowest BCUT2D eigenvalue weighted by Crippen LogP contribution is -1.89. The van der Waals surface area contributed by atoms with Crippen molar-refractivity contribution in [2.24, 2.45) is 0 Å². The van der Waals surface area contributed by atoms with Gasteiger partial charge in [0.05, 0.1) is 5.69 Å². The molecule has 72 valence electrons. The topological polar surface area (TPSA) is 53.1 Å². The van der Waals surface area contributed by atoms with Crippen LogP contribution in [0.3, 0.4) is 0 Å². The van der Waals surface area contributed by atoms with Crippen LogP contribution in [-0.4, -0.2) is 15.9 Å². The molecule has 2 aromatic rings. The first-order chi connectivity index (χ1) is 6.59. The number of hydrogen-bond donors (Lipinski definition) is 2. The van der Waals surface area contributed by atoms with E-state index in [2.05, 4.69) is 4.98 Å². The van der Waals surface area contributed by atoms with E-state index in [9.17, 15) is 9.90 Å². The van der Waals surface area contributed by atoms with Gasteiger partial charge in [-0.25, -0.2) is 0 Å². The molecule has 0 aliphatic rings. The quantitative estimate of drug-likeness (QED) is 0.677. The second-order valence-corrected chi connectivity index (χ2v) is 3.41. The van der Waals surface area contributed by atoms with E-state index in [-0.39, 0.29) is 11.5 Å². The van der Waals surface area contributed by atoms with Gasteiger partial charge < -0.3 is 10.1 Å².